The molecule has 1 aromatic rings. The smallest absolute Gasteiger partial charge is 0.337 e. The first-order valence-corrected chi connectivity index (χ1v) is 8.06. The number of thioether (sulfide) groups is 1. The summed E-state index contributed by atoms with van der Waals surface area (Å²) >= 11 is 1.66. The molecule has 2 aliphatic heterocycles. The first-order chi connectivity index (χ1) is 9.92. The Bertz CT molecular complexity index is 646. The van der Waals surface area contributed by atoms with Crippen LogP contribution in [0, 0.1) is 0 Å². The largest absolute Gasteiger partial charge is 0.450 e. The lowest BCUT2D eigenvalue weighted by Gasteiger charge is -2.27. The van der Waals surface area contributed by atoms with Crippen molar-refractivity contribution >= 4 is 23.6 Å². The van der Waals surface area contributed by atoms with Gasteiger partial charge >= 0.3 is 5.97 Å². The Balaban J connectivity index is 2.06. The van der Waals surface area contributed by atoms with Gasteiger partial charge in [-0.25, -0.2) is 4.79 Å². The molecule has 1 unspecified atom stereocenters. The maximum absolute atomic E-state index is 12.2. The van der Waals surface area contributed by atoms with Crippen LogP contribution in [-0.2, 0) is 14.3 Å². The summed E-state index contributed by atoms with van der Waals surface area (Å²) in [4.78, 5) is 25.3. The van der Waals surface area contributed by atoms with Gasteiger partial charge in [-0.1, -0.05) is 12.1 Å². The summed E-state index contributed by atoms with van der Waals surface area (Å²) in [5.74, 6) is -0.619. The molecule has 0 radical (unpaired) electrons. The minimum atomic E-state index is -0.764. The predicted molar refractivity (Wildman–Crippen MR) is 80.9 cm³/mol. The van der Waals surface area contributed by atoms with Gasteiger partial charge in [-0.05, 0) is 37.8 Å². The molecule has 0 fully saturated rings. The summed E-state index contributed by atoms with van der Waals surface area (Å²) in [6.07, 6.45) is 2.29. The molecule has 0 spiro atoms. The molecule has 110 valence electrons. The Morgan fingerprint density at radius 3 is 2.52 bits per heavy atom. The highest BCUT2D eigenvalue weighted by molar-refractivity contribution is 7.98. The van der Waals surface area contributed by atoms with Crippen LogP contribution in [0.4, 0.5) is 0 Å². The summed E-state index contributed by atoms with van der Waals surface area (Å²) in [5.41, 5.74) is 1.42. The van der Waals surface area contributed by atoms with Gasteiger partial charge in [0, 0.05) is 17.2 Å². The van der Waals surface area contributed by atoms with E-state index in [1.807, 2.05) is 30.5 Å². The zero-order valence-electron chi connectivity index (χ0n) is 12.2. The minimum Gasteiger partial charge on any atom is -0.450 e. The molecule has 0 aromatic heterocycles. The number of benzene rings is 1. The van der Waals surface area contributed by atoms with Gasteiger partial charge in [-0.15, -0.1) is 11.8 Å². The van der Waals surface area contributed by atoms with Gasteiger partial charge in [-0.2, -0.15) is 0 Å². The maximum atomic E-state index is 12.2. The molecule has 1 aromatic carbocycles. The van der Waals surface area contributed by atoms with Crippen LogP contribution in [0.25, 0.3) is 0 Å². The molecule has 0 saturated heterocycles. The minimum absolute atomic E-state index is 0.0703. The van der Waals surface area contributed by atoms with E-state index < -0.39 is 5.60 Å². The van der Waals surface area contributed by atoms with E-state index >= 15 is 0 Å². The maximum Gasteiger partial charge on any atom is 0.337 e. The van der Waals surface area contributed by atoms with Crippen LogP contribution in [0.2, 0.25) is 0 Å². The fourth-order valence-electron chi connectivity index (χ4n) is 2.90. The number of carbonyl (C=O) groups excluding carboxylic acids is 2. The van der Waals surface area contributed by atoms with Crippen molar-refractivity contribution in [1.82, 2.24) is 5.32 Å². The highest BCUT2D eigenvalue weighted by Gasteiger charge is 2.47. The zero-order valence-corrected chi connectivity index (χ0v) is 13.0. The molecule has 1 amide bonds. The SMILES string of the molecule is CSc1ccc(C2CC(=O)NC3=C2C(=O)OC3(C)C)cc1. The number of hydrogen-bond donors (Lipinski definition) is 1. The van der Waals surface area contributed by atoms with Crippen LogP contribution in [0.3, 0.4) is 0 Å². The average Bonchev–Trinajstić information content (AvgIpc) is 2.68. The molecule has 21 heavy (non-hydrogen) atoms. The first kappa shape index (κ1) is 14.2. The Morgan fingerprint density at radius 2 is 1.90 bits per heavy atom. The monoisotopic (exact) mass is 303 g/mol. The fraction of sp³-hybridized carbons (Fsp3) is 0.375. The molecular formula is C16H17NO3S. The van der Waals surface area contributed by atoms with Gasteiger partial charge in [0.1, 0.15) is 5.60 Å². The first-order valence-electron chi connectivity index (χ1n) is 6.84. The van der Waals surface area contributed by atoms with Crippen LogP contribution in [0.15, 0.2) is 40.4 Å². The second kappa shape index (κ2) is 4.91. The molecule has 0 bridgehead atoms. The molecule has 4 nitrogen and oxygen atoms in total. The van der Waals surface area contributed by atoms with Crippen molar-refractivity contribution in [3.63, 3.8) is 0 Å². The van der Waals surface area contributed by atoms with Crippen molar-refractivity contribution in [1.29, 1.82) is 0 Å². The lowest BCUT2D eigenvalue weighted by atomic mass is 9.83. The lowest BCUT2D eigenvalue weighted by Crippen LogP contribution is -2.38. The van der Waals surface area contributed by atoms with E-state index in [0.717, 1.165) is 10.5 Å². The van der Waals surface area contributed by atoms with Crippen molar-refractivity contribution in [3.05, 3.63) is 41.1 Å². The second-order valence-electron chi connectivity index (χ2n) is 5.77. The van der Waals surface area contributed by atoms with Gasteiger partial charge in [-0.3, -0.25) is 4.79 Å². The molecule has 2 aliphatic rings. The molecule has 5 heteroatoms. The van der Waals surface area contributed by atoms with E-state index in [0.29, 0.717) is 11.3 Å². The fourth-order valence-corrected chi connectivity index (χ4v) is 3.31. The van der Waals surface area contributed by atoms with Crippen molar-refractivity contribution < 1.29 is 14.3 Å². The zero-order chi connectivity index (χ0) is 15.2. The summed E-state index contributed by atoms with van der Waals surface area (Å²) in [5, 5.41) is 2.81. The topological polar surface area (TPSA) is 55.4 Å². The highest BCUT2D eigenvalue weighted by Crippen LogP contribution is 2.42. The molecule has 3 rings (SSSR count). The predicted octanol–water partition coefficient (Wildman–Crippen LogP) is 2.60. The molecule has 1 atom stereocenters. The molecule has 1 N–H and O–H groups in total. The number of ether oxygens (including phenoxy) is 1. The number of rotatable bonds is 2. The van der Waals surface area contributed by atoms with E-state index in [1.165, 1.54) is 0 Å². The normalized spacial score (nSPS) is 23.7. The quantitative estimate of drug-likeness (QED) is 0.674. The van der Waals surface area contributed by atoms with Crippen molar-refractivity contribution in [2.45, 2.75) is 36.7 Å². The third kappa shape index (κ3) is 2.35. The van der Waals surface area contributed by atoms with Gasteiger partial charge in [0.15, 0.2) is 0 Å². The molecule has 0 saturated carbocycles. The van der Waals surface area contributed by atoms with E-state index in [2.05, 4.69) is 5.32 Å². The van der Waals surface area contributed by atoms with Crippen LogP contribution in [0.5, 0.6) is 0 Å². The van der Waals surface area contributed by atoms with E-state index in [4.69, 9.17) is 4.74 Å². The van der Waals surface area contributed by atoms with Crippen molar-refractivity contribution in [3.8, 4) is 0 Å². The summed E-state index contributed by atoms with van der Waals surface area (Å²) < 4.78 is 5.41. The van der Waals surface area contributed by atoms with Crippen molar-refractivity contribution in [2.75, 3.05) is 6.26 Å². The van der Waals surface area contributed by atoms with Crippen LogP contribution in [0.1, 0.15) is 31.7 Å². The molecule has 0 aliphatic carbocycles. The third-order valence-electron chi connectivity index (χ3n) is 3.96. The van der Waals surface area contributed by atoms with Crippen LogP contribution in [-0.4, -0.2) is 23.7 Å². The Labute approximate surface area is 127 Å². The summed E-state index contributed by atoms with van der Waals surface area (Å²) in [7, 11) is 0. The second-order valence-corrected chi connectivity index (χ2v) is 6.65. The van der Waals surface area contributed by atoms with Crippen LogP contribution < -0.4 is 5.32 Å². The number of nitrogens with one attached hydrogen (secondary N) is 1. The van der Waals surface area contributed by atoms with Gasteiger partial charge < -0.3 is 10.1 Å². The van der Waals surface area contributed by atoms with E-state index in [1.54, 1.807) is 25.6 Å². The third-order valence-corrected chi connectivity index (χ3v) is 4.70. The number of amides is 1. The Kier molecular flexibility index (Phi) is 3.32. The van der Waals surface area contributed by atoms with E-state index in [9.17, 15) is 9.59 Å². The standard InChI is InChI=1S/C16H17NO3S/c1-16(2)14-13(15(19)20-16)11(8-12(18)17-14)9-4-6-10(21-3)7-5-9/h4-7,11H,8H2,1-3H3,(H,17,18). The Morgan fingerprint density at radius 1 is 1.24 bits per heavy atom. The van der Waals surface area contributed by atoms with Gasteiger partial charge in [0.25, 0.3) is 0 Å². The summed E-state index contributed by atoms with van der Waals surface area (Å²) in [6, 6.07) is 7.99. The number of carbonyl (C=O) groups is 2. The van der Waals surface area contributed by atoms with Crippen molar-refractivity contribution in [2.24, 2.45) is 0 Å². The number of hydrogen-bond acceptors (Lipinski definition) is 4. The Hall–Kier alpha value is -1.75. The van der Waals surface area contributed by atoms with Crippen LogP contribution >= 0.6 is 11.8 Å². The molecular weight excluding hydrogens is 286 g/mol. The molecule has 2 heterocycles. The number of esters is 1. The van der Waals surface area contributed by atoms with E-state index in [-0.39, 0.29) is 24.2 Å². The lowest BCUT2D eigenvalue weighted by molar-refractivity contribution is -0.144. The average molecular weight is 303 g/mol. The highest BCUT2D eigenvalue weighted by atomic mass is 32.2. The van der Waals surface area contributed by atoms with Gasteiger partial charge in [0.05, 0.1) is 11.3 Å². The summed E-state index contributed by atoms with van der Waals surface area (Å²) in [6.45, 7) is 3.60. The van der Waals surface area contributed by atoms with Gasteiger partial charge in [0.2, 0.25) is 5.91 Å². The number of cyclic esters (lactones) is 1.